The largest absolute Gasteiger partial charge is 0.377 e. The fraction of sp³-hybridized carbons (Fsp3) is 0.667. The van der Waals surface area contributed by atoms with Gasteiger partial charge in [0, 0.05) is 25.0 Å². The number of aromatic nitrogens is 1. The summed E-state index contributed by atoms with van der Waals surface area (Å²) in [6.07, 6.45) is 10.0. The second-order valence-electron chi connectivity index (χ2n) is 5.03. The minimum absolute atomic E-state index is 0.374. The van der Waals surface area contributed by atoms with E-state index in [2.05, 4.69) is 29.4 Å². The Labute approximate surface area is 110 Å². The molecule has 2 unspecified atom stereocenters. The highest BCUT2D eigenvalue weighted by Crippen LogP contribution is 2.18. The molecule has 1 fully saturated rings. The normalized spacial score (nSPS) is 21.7. The first-order valence-corrected chi connectivity index (χ1v) is 7.14. The van der Waals surface area contributed by atoms with Gasteiger partial charge < -0.3 is 10.1 Å². The zero-order valence-electron chi connectivity index (χ0n) is 11.3. The molecule has 2 rings (SSSR count). The number of rotatable bonds is 6. The van der Waals surface area contributed by atoms with Gasteiger partial charge in [0.2, 0.25) is 0 Å². The van der Waals surface area contributed by atoms with Crippen molar-refractivity contribution in [3.63, 3.8) is 0 Å². The summed E-state index contributed by atoms with van der Waals surface area (Å²) in [4.78, 5) is 4.08. The van der Waals surface area contributed by atoms with Gasteiger partial charge in [0.1, 0.15) is 0 Å². The Morgan fingerprint density at radius 2 is 2.22 bits per heavy atom. The zero-order valence-corrected chi connectivity index (χ0v) is 11.3. The highest BCUT2D eigenvalue weighted by molar-refractivity contribution is 5.12. The molecule has 0 aliphatic carbocycles. The van der Waals surface area contributed by atoms with E-state index in [0.29, 0.717) is 12.1 Å². The van der Waals surface area contributed by atoms with Crippen LogP contribution in [0.25, 0.3) is 0 Å². The Morgan fingerprint density at radius 1 is 1.39 bits per heavy atom. The monoisotopic (exact) mass is 248 g/mol. The van der Waals surface area contributed by atoms with E-state index in [9.17, 15) is 0 Å². The molecule has 1 aromatic heterocycles. The molecule has 1 aromatic rings. The van der Waals surface area contributed by atoms with E-state index >= 15 is 0 Å². The third-order valence-electron chi connectivity index (χ3n) is 3.53. The predicted molar refractivity (Wildman–Crippen MR) is 73.6 cm³/mol. The van der Waals surface area contributed by atoms with Crippen LogP contribution in [0.5, 0.6) is 0 Å². The molecule has 3 heteroatoms. The van der Waals surface area contributed by atoms with Crippen molar-refractivity contribution in [1.82, 2.24) is 10.3 Å². The van der Waals surface area contributed by atoms with Crippen LogP contribution in [-0.2, 0) is 11.2 Å². The van der Waals surface area contributed by atoms with Crippen molar-refractivity contribution < 1.29 is 4.74 Å². The molecule has 0 radical (unpaired) electrons. The molecule has 2 atom stereocenters. The van der Waals surface area contributed by atoms with Gasteiger partial charge in [0.25, 0.3) is 0 Å². The molecule has 1 N–H and O–H groups in total. The van der Waals surface area contributed by atoms with Crippen LogP contribution in [0.2, 0.25) is 0 Å². The van der Waals surface area contributed by atoms with Crippen LogP contribution in [0, 0.1) is 0 Å². The third-order valence-corrected chi connectivity index (χ3v) is 3.53. The maximum Gasteiger partial charge on any atom is 0.0731 e. The van der Waals surface area contributed by atoms with Crippen molar-refractivity contribution in [2.75, 3.05) is 13.2 Å². The number of hydrogen-bond donors (Lipinski definition) is 1. The second-order valence-corrected chi connectivity index (χ2v) is 5.03. The zero-order chi connectivity index (χ0) is 12.6. The molecule has 0 amide bonds. The molecule has 1 aliphatic heterocycles. The topological polar surface area (TPSA) is 34.2 Å². The van der Waals surface area contributed by atoms with Crippen molar-refractivity contribution in [2.24, 2.45) is 0 Å². The molecule has 2 heterocycles. The lowest BCUT2D eigenvalue weighted by Crippen LogP contribution is -2.44. The molecule has 0 bridgehead atoms. The summed E-state index contributed by atoms with van der Waals surface area (Å²) in [5, 5.41) is 3.64. The Kier molecular flexibility index (Phi) is 5.62. The van der Waals surface area contributed by atoms with Gasteiger partial charge in [-0.2, -0.15) is 0 Å². The molecular weight excluding hydrogens is 224 g/mol. The Balaban J connectivity index is 1.95. The Bertz CT molecular complexity index is 323. The van der Waals surface area contributed by atoms with E-state index in [0.717, 1.165) is 19.6 Å². The van der Waals surface area contributed by atoms with Crippen molar-refractivity contribution >= 4 is 0 Å². The smallest absolute Gasteiger partial charge is 0.0731 e. The lowest BCUT2D eigenvalue weighted by Gasteiger charge is -2.31. The fourth-order valence-electron chi connectivity index (χ4n) is 2.52. The van der Waals surface area contributed by atoms with Gasteiger partial charge in [-0.1, -0.05) is 6.92 Å². The third kappa shape index (κ3) is 4.07. The molecule has 1 saturated heterocycles. The molecule has 0 spiro atoms. The highest BCUT2D eigenvalue weighted by Gasteiger charge is 2.24. The van der Waals surface area contributed by atoms with E-state index in [-0.39, 0.29) is 0 Å². The number of nitrogens with one attached hydrogen (secondary N) is 1. The van der Waals surface area contributed by atoms with Gasteiger partial charge in [-0.05, 0) is 56.3 Å². The predicted octanol–water partition coefficient (Wildman–Crippen LogP) is 2.56. The number of nitrogens with zero attached hydrogens (tertiary/aromatic N) is 1. The minimum atomic E-state index is 0.374. The molecule has 18 heavy (non-hydrogen) atoms. The van der Waals surface area contributed by atoms with Crippen LogP contribution in [0.4, 0.5) is 0 Å². The Morgan fingerprint density at radius 3 is 2.89 bits per heavy atom. The van der Waals surface area contributed by atoms with Gasteiger partial charge in [-0.25, -0.2) is 0 Å². The molecule has 0 saturated carbocycles. The quantitative estimate of drug-likeness (QED) is 0.840. The average Bonchev–Trinajstić information content (AvgIpc) is 2.45. The van der Waals surface area contributed by atoms with Gasteiger partial charge >= 0.3 is 0 Å². The fourth-order valence-corrected chi connectivity index (χ4v) is 2.52. The summed E-state index contributed by atoms with van der Waals surface area (Å²) in [5.74, 6) is 0. The average molecular weight is 248 g/mol. The molecule has 100 valence electrons. The van der Waals surface area contributed by atoms with E-state index < -0.39 is 0 Å². The van der Waals surface area contributed by atoms with Crippen molar-refractivity contribution in [2.45, 2.75) is 51.2 Å². The lowest BCUT2D eigenvalue weighted by molar-refractivity contribution is -0.00738. The van der Waals surface area contributed by atoms with Crippen molar-refractivity contribution in [1.29, 1.82) is 0 Å². The maximum atomic E-state index is 5.93. The van der Waals surface area contributed by atoms with E-state index in [1.807, 2.05) is 12.4 Å². The summed E-state index contributed by atoms with van der Waals surface area (Å²) in [7, 11) is 0. The van der Waals surface area contributed by atoms with E-state index in [4.69, 9.17) is 4.74 Å². The van der Waals surface area contributed by atoms with Crippen molar-refractivity contribution in [3.8, 4) is 0 Å². The van der Waals surface area contributed by atoms with Crippen LogP contribution in [-0.4, -0.2) is 30.3 Å². The molecule has 0 aromatic carbocycles. The Hall–Kier alpha value is -0.930. The van der Waals surface area contributed by atoms with Crippen LogP contribution in [0.15, 0.2) is 24.5 Å². The number of pyridine rings is 1. The van der Waals surface area contributed by atoms with E-state index in [1.54, 1.807) is 0 Å². The van der Waals surface area contributed by atoms with Crippen LogP contribution < -0.4 is 5.32 Å². The van der Waals surface area contributed by atoms with Crippen LogP contribution in [0.1, 0.15) is 38.2 Å². The molecule has 1 aliphatic rings. The van der Waals surface area contributed by atoms with Gasteiger partial charge in [-0.3, -0.25) is 4.98 Å². The summed E-state index contributed by atoms with van der Waals surface area (Å²) in [6, 6.07) is 4.64. The lowest BCUT2D eigenvalue weighted by atomic mass is 9.96. The van der Waals surface area contributed by atoms with Gasteiger partial charge in [0.05, 0.1) is 6.10 Å². The van der Waals surface area contributed by atoms with Crippen LogP contribution in [0.3, 0.4) is 0 Å². The van der Waals surface area contributed by atoms with Gasteiger partial charge in [0.15, 0.2) is 0 Å². The number of ether oxygens (including phenoxy) is 1. The first-order chi connectivity index (χ1) is 8.90. The summed E-state index contributed by atoms with van der Waals surface area (Å²) < 4.78 is 5.93. The van der Waals surface area contributed by atoms with E-state index in [1.165, 1.54) is 31.2 Å². The van der Waals surface area contributed by atoms with Crippen molar-refractivity contribution in [3.05, 3.63) is 30.1 Å². The highest BCUT2D eigenvalue weighted by atomic mass is 16.5. The summed E-state index contributed by atoms with van der Waals surface area (Å²) in [5.41, 5.74) is 1.34. The first kappa shape index (κ1) is 13.5. The summed E-state index contributed by atoms with van der Waals surface area (Å²) >= 11 is 0. The van der Waals surface area contributed by atoms with Gasteiger partial charge in [-0.15, -0.1) is 0 Å². The molecular formula is C15H24N2O. The minimum Gasteiger partial charge on any atom is -0.377 e. The SMILES string of the molecule is CCCNC(Cc1ccncc1)C1CCCCO1. The maximum absolute atomic E-state index is 5.93. The number of hydrogen-bond acceptors (Lipinski definition) is 3. The first-order valence-electron chi connectivity index (χ1n) is 7.14. The standard InChI is InChI=1S/C15H24N2O/c1-2-8-17-14(15-5-3-4-11-18-15)12-13-6-9-16-10-7-13/h6-7,9-10,14-15,17H,2-5,8,11-12H2,1H3. The molecule has 3 nitrogen and oxygen atoms in total. The summed E-state index contributed by atoms with van der Waals surface area (Å²) in [6.45, 7) is 4.19. The second kappa shape index (κ2) is 7.49. The van der Waals surface area contributed by atoms with Crippen LogP contribution >= 0.6 is 0 Å².